The fraction of sp³-hybridized carbons (Fsp3) is 0.364. The SMILES string of the molecule is COC(=O)CSc1ccc(CCO)cc1. The zero-order valence-corrected chi connectivity index (χ0v) is 9.42. The molecule has 0 aliphatic heterocycles. The second kappa shape index (κ2) is 6.48. The molecule has 0 atom stereocenters. The minimum atomic E-state index is -0.223. The highest BCUT2D eigenvalue weighted by Gasteiger charge is 2.01. The summed E-state index contributed by atoms with van der Waals surface area (Å²) in [6.07, 6.45) is 0.669. The molecule has 1 aromatic rings. The van der Waals surface area contributed by atoms with Crippen molar-refractivity contribution in [3.8, 4) is 0 Å². The van der Waals surface area contributed by atoms with Gasteiger partial charge in [0, 0.05) is 11.5 Å². The molecule has 1 rings (SSSR count). The summed E-state index contributed by atoms with van der Waals surface area (Å²) in [4.78, 5) is 11.9. The third-order valence-electron chi connectivity index (χ3n) is 1.91. The lowest BCUT2D eigenvalue weighted by Gasteiger charge is -2.02. The summed E-state index contributed by atoms with van der Waals surface area (Å²) < 4.78 is 4.54. The first-order valence-electron chi connectivity index (χ1n) is 4.65. The molecule has 0 saturated heterocycles. The number of aliphatic hydroxyl groups is 1. The molecule has 0 radical (unpaired) electrons. The Labute approximate surface area is 93.4 Å². The van der Waals surface area contributed by atoms with Gasteiger partial charge in [-0.3, -0.25) is 4.79 Å². The number of ether oxygens (including phenoxy) is 1. The molecule has 82 valence electrons. The van der Waals surface area contributed by atoms with E-state index in [2.05, 4.69) is 4.74 Å². The van der Waals surface area contributed by atoms with Crippen LogP contribution in [-0.4, -0.2) is 30.5 Å². The number of methoxy groups -OCH3 is 1. The molecule has 0 aromatic heterocycles. The van der Waals surface area contributed by atoms with E-state index in [9.17, 15) is 4.79 Å². The highest BCUT2D eigenvalue weighted by atomic mass is 32.2. The number of carbonyl (C=O) groups excluding carboxylic acids is 1. The first-order chi connectivity index (χ1) is 7.26. The normalized spacial score (nSPS) is 10.0. The van der Waals surface area contributed by atoms with E-state index < -0.39 is 0 Å². The molecule has 1 aromatic carbocycles. The topological polar surface area (TPSA) is 46.5 Å². The van der Waals surface area contributed by atoms with Crippen LogP contribution in [0, 0.1) is 0 Å². The van der Waals surface area contributed by atoms with Gasteiger partial charge in [0.1, 0.15) is 0 Å². The summed E-state index contributed by atoms with van der Waals surface area (Å²) in [5.74, 6) is 0.106. The smallest absolute Gasteiger partial charge is 0.315 e. The second-order valence-electron chi connectivity index (χ2n) is 2.98. The summed E-state index contributed by atoms with van der Waals surface area (Å²) in [6, 6.07) is 7.79. The fourth-order valence-corrected chi connectivity index (χ4v) is 1.81. The van der Waals surface area contributed by atoms with Crippen LogP contribution in [0.25, 0.3) is 0 Å². The molecule has 0 aliphatic carbocycles. The van der Waals surface area contributed by atoms with Gasteiger partial charge in [0.15, 0.2) is 0 Å². The number of hydrogen-bond donors (Lipinski definition) is 1. The zero-order valence-electron chi connectivity index (χ0n) is 8.60. The van der Waals surface area contributed by atoms with Crippen molar-refractivity contribution in [3.63, 3.8) is 0 Å². The number of carbonyl (C=O) groups is 1. The minimum absolute atomic E-state index is 0.161. The van der Waals surface area contributed by atoms with Crippen molar-refractivity contribution in [2.24, 2.45) is 0 Å². The van der Waals surface area contributed by atoms with Crippen LogP contribution in [0.2, 0.25) is 0 Å². The molecule has 0 spiro atoms. The van der Waals surface area contributed by atoms with Gasteiger partial charge in [-0.25, -0.2) is 0 Å². The molecular weight excluding hydrogens is 212 g/mol. The van der Waals surface area contributed by atoms with Crippen molar-refractivity contribution >= 4 is 17.7 Å². The lowest BCUT2D eigenvalue weighted by molar-refractivity contribution is -0.137. The lowest BCUT2D eigenvalue weighted by atomic mass is 10.2. The van der Waals surface area contributed by atoms with Gasteiger partial charge in [-0.15, -0.1) is 11.8 Å². The van der Waals surface area contributed by atoms with Crippen molar-refractivity contribution in [2.75, 3.05) is 19.5 Å². The average molecular weight is 226 g/mol. The molecule has 15 heavy (non-hydrogen) atoms. The van der Waals surface area contributed by atoms with Gasteiger partial charge in [-0.1, -0.05) is 12.1 Å². The van der Waals surface area contributed by atoms with Crippen LogP contribution in [0.5, 0.6) is 0 Å². The van der Waals surface area contributed by atoms with Crippen LogP contribution >= 0.6 is 11.8 Å². The third kappa shape index (κ3) is 4.36. The minimum Gasteiger partial charge on any atom is -0.468 e. The van der Waals surface area contributed by atoms with E-state index in [-0.39, 0.29) is 12.6 Å². The van der Waals surface area contributed by atoms with Crippen LogP contribution < -0.4 is 0 Å². The predicted molar refractivity (Wildman–Crippen MR) is 60.0 cm³/mol. The van der Waals surface area contributed by atoms with E-state index in [0.717, 1.165) is 10.5 Å². The molecule has 0 aliphatic rings. The average Bonchev–Trinajstić information content (AvgIpc) is 2.28. The Balaban J connectivity index is 2.45. The number of aliphatic hydroxyl groups excluding tert-OH is 1. The van der Waals surface area contributed by atoms with Gasteiger partial charge in [-0.05, 0) is 24.1 Å². The van der Waals surface area contributed by atoms with Gasteiger partial charge >= 0.3 is 5.97 Å². The fourth-order valence-electron chi connectivity index (χ4n) is 1.08. The number of esters is 1. The summed E-state index contributed by atoms with van der Waals surface area (Å²) in [6.45, 7) is 0.161. The van der Waals surface area contributed by atoms with E-state index in [1.165, 1.54) is 18.9 Å². The van der Waals surface area contributed by atoms with Crippen LogP contribution in [0.1, 0.15) is 5.56 Å². The van der Waals surface area contributed by atoms with E-state index in [1.54, 1.807) is 0 Å². The van der Waals surface area contributed by atoms with E-state index in [0.29, 0.717) is 12.2 Å². The molecular formula is C11H14O3S. The van der Waals surface area contributed by atoms with Crippen LogP contribution in [0.4, 0.5) is 0 Å². The summed E-state index contributed by atoms with van der Waals surface area (Å²) in [5, 5.41) is 8.73. The Bertz CT molecular complexity index is 308. The molecule has 0 bridgehead atoms. The summed E-state index contributed by atoms with van der Waals surface area (Å²) in [5.41, 5.74) is 1.10. The maximum atomic E-state index is 10.9. The number of benzene rings is 1. The first kappa shape index (κ1) is 12.1. The van der Waals surface area contributed by atoms with Gasteiger partial charge in [0.25, 0.3) is 0 Å². The predicted octanol–water partition coefficient (Wildman–Crippen LogP) is 1.49. The highest BCUT2D eigenvalue weighted by Crippen LogP contribution is 2.18. The molecule has 0 heterocycles. The third-order valence-corrected chi connectivity index (χ3v) is 2.89. The second-order valence-corrected chi connectivity index (χ2v) is 4.03. The highest BCUT2D eigenvalue weighted by molar-refractivity contribution is 8.00. The van der Waals surface area contributed by atoms with E-state index in [4.69, 9.17) is 5.11 Å². The van der Waals surface area contributed by atoms with Crippen LogP contribution in [0.15, 0.2) is 29.2 Å². The van der Waals surface area contributed by atoms with Crippen molar-refractivity contribution in [2.45, 2.75) is 11.3 Å². The Morgan fingerprint density at radius 1 is 1.40 bits per heavy atom. The standard InChI is InChI=1S/C11H14O3S/c1-14-11(13)8-15-10-4-2-9(3-5-10)6-7-12/h2-5,12H,6-8H2,1H3. The number of hydrogen-bond acceptors (Lipinski definition) is 4. The number of rotatable bonds is 5. The van der Waals surface area contributed by atoms with Crippen molar-refractivity contribution in [3.05, 3.63) is 29.8 Å². The number of thioether (sulfide) groups is 1. The van der Waals surface area contributed by atoms with Crippen LogP contribution in [-0.2, 0) is 16.0 Å². The van der Waals surface area contributed by atoms with Gasteiger partial charge < -0.3 is 9.84 Å². The van der Waals surface area contributed by atoms with E-state index in [1.807, 2.05) is 24.3 Å². The van der Waals surface area contributed by atoms with Crippen molar-refractivity contribution in [1.82, 2.24) is 0 Å². The zero-order chi connectivity index (χ0) is 11.1. The Morgan fingerprint density at radius 3 is 2.60 bits per heavy atom. The van der Waals surface area contributed by atoms with Crippen LogP contribution in [0.3, 0.4) is 0 Å². The molecule has 0 saturated carbocycles. The molecule has 0 amide bonds. The van der Waals surface area contributed by atoms with Crippen molar-refractivity contribution < 1.29 is 14.6 Å². The van der Waals surface area contributed by atoms with Gasteiger partial charge in [-0.2, -0.15) is 0 Å². The molecule has 1 N–H and O–H groups in total. The monoisotopic (exact) mass is 226 g/mol. The quantitative estimate of drug-likeness (QED) is 0.610. The largest absolute Gasteiger partial charge is 0.468 e. The molecule has 4 heteroatoms. The maximum Gasteiger partial charge on any atom is 0.315 e. The Kier molecular flexibility index (Phi) is 5.21. The Morgan fingerprint density at radius 2 is 2.07 bits per heavy atom. The summed E-state index contributed by atoms with van der Waals surface area (Å²) in [7, 11) is 1.38. The van der Waals surface area contributed by atoms with Gasteiger partial charge in [0.05, 0.1) is 12.9 Å². The summed E-state index contributed by atoms with van der Waals surface area (Å²) >= 11 is 1.44. The molecule has 0 unspecified atom stereocenters. The lowest BCUT2D eigenvalue weighted by Crippen LogP contribution is -2.02. The Hall–Kier alpha value is -1.00. The van der Waals surface area contributed by atoms with Crippen molar-refractivity contribution in [1.29, 1.82) is 0 Å². The molecule has 3 nitrogen and oxygen atoms in total. The first-order valence-corrected chi connectivity index (χ1v) is 5.64. The van der Waals surface area contributed by atoms with Gasteiger partial charge in [0.2, 0.25) is 0 Å². The molecule has 0 fully saturated rings. The van der Waals surface area contributed by atoms with E-state index >= 15 is 0 Å². The maximum absolute atomic E-state index is 10.9.